The number of piperazine rings is 1. The molecule has 1 aliphatic heterocycles. The van der Waals surface area contributed by atoms with Gasteiger partial charge in [-0.25, -0.2) is 13.2 Å². The number of rotatable bonds is 4. The Labute approximate surface area is 165 Å². The lowest BCUT2D eigenvalue weighted by Gasteiger charge is -2.39. The lowest BCUT2D eigenvalue weighted by molar-refractivity contribution is 0.0696. The molecule has 1 atom stereocenters. The van der Waals surface area contributed by atoms with Crippen LogP contribution in [0.3, 0.4) is 0 Å². The first kappa shape index (κ1) is 21.4. The van der Waals surface area contributed by atoms with E-state index >= 15 is 0 Å². The quantitative estimate of drug-likeness (QED) is 0.838. The topological polar surface area (TPSA) is 77.9 Å². The van der Waals surface area contributed by atoms with Gasteiger partial charge in [-0.15, -0.1) is 12.4 Å². The first-order valence-corrected chi connectivity index (χ1v) is 9.84. The summed E-state index contributed by atoms with van der Waals surface area (Å²) in [4.78, 5) is 13.5. The maximum absolute atomic E-state index is 13.3. The van der Waals surface area contributed by atoms with Crippen LogP contribution in [0.5, 0.6) is 0 Å². The molecule has 2 aromatic carbocycles. The fraction of sp³-hybridized carbons (Fsp3) is 0.316. The summed E-state index contributed by atoms with van der Waals surface area (Å²) in [5, 5.41) is 9.32. The van der Waals surface area contributed by atoms with E-state index in [1.165, 1.54) is 16.4 Å². The molecular weight excluding hydrogens is 388 g/mol. The molecule has 0 radical (unpaired) electrons. The van der Waals surface area contributed by atoms with Crippen molar-refractivity contribution in [2.75, 3.05) is 26.7 Å². The Balaban J connectivity index is 0.00000261. The molecule has 1 N–H and O–H groups in total. The average molecular weight is 411 g/mol. The van der Waals surface area contributed by atoms with Crippen molar-refractivity contribution in [1.29, 1.82) is 0 Å². The average Bonchev–Trinajstić information content (AvgIpc) is 2.62. The van der Waals surface area contributed by atoms with Crippen LogP contribution in [0.1, 0.15) is 27.5 Å². The van der Waals surface area contributed by atoms with Crippen molar-refractivity contribution in [3.05, 3.63) is 65.2 Å². The summed E-state index contributed by atoms with van der Waals surface area (Å²) in [7, 11) is -1.85. The van der Waals surface area contributed by atoms with Crippen molar-refractivity contribution in [3.8, 4) is 0 Å². The van der Waals surface area contributed by atoms with E-state index in [0.29, 0.717) is 25.2 Å². The van der Waals surface area contributed by atoms with Crippen LogP contribution in [0.15, 0.2) is 53.4 Å². The maximum Gasteiger partial charge on any atom is 0.335 e. The van der Waals surface area contributed by atoms with Gasteiger partial charge in [0.25, 0.3) is 0 Å². The molecule has 0 bridgehead atoms. The van der Waals surface area contributed by atoms with Crippen LogP contribution >= 0.6 is 12.4 Å². The molecule has 27 heavy (non-hydrogen) atoms. The van der Waals surface area contributed by atoms with E-state index in [1.807, 2.05) is 37.4 Å². The monoisotopic (exact) mass is 410 g/mol. The number of carboxylic acid groups (broad SMARTS) is 1. The van der Waals surface area contributed by atoms with E-state index in [1.54, 1.807) is 13.0 Å². The summed E-state index contributed by atoms with van der Waals surface area (Å²) in [6.45, 7) is 3.22. The van der Waals surface area contributed by atoms with E-state index < -0.39 is 16.0 Å². The van der Waals surface area contributed by atoms with E-state index in [4.69, 9.17) is 0 Å². The summed E-state index contributed by atoms with van der Waals surface area (Å²) in [5.41, 5.74) is 1.47. The Bertz CT molecular complexity index is 919. The first-order valence-electron chi connectivity index (χ1n) is 8.40. The molecule has 1 heterocycles. The molecular formula is C19H23ClN2O4S. The first-order chi connectivity index (χ1) is 12.3. The minimum absolute atomic E-state index is 0. The third-order valence-corrected chi connectivity index (χ3v) is 6.67. The van der Waals surface area contributed by atoms with Gasteiger partial charge in [-0.3, -0.25) is 0 Å². The van der Waals surface area contributed by atoms with Crippen LogP contribution in [0.4, 0.5) is 0 Å². The van der Waals surface area contributed by atoms with E-state index in [2.05, 4.69) is 4.90 Å². The fourth-order valence-electron chi connectivity index (χ4n) is 3.26. The highest BCUT2D eigenvalue weighted by Gasteiger charge is 2.36. The number of carbonyl (C=O) groups is 1. The lowest BCUT2D eigenvalue weighted by Crippen LogP contribution is -2.49. The van der Waals surface area contributed by atoms with Gasteiger partial charge in [-0.05, 0) is 37.2 Å². The van der Waals surface area contributed by atoms with Gasteiger partial charge in [0.2, 0.25) is 10.0 Å². The molecule has 0 aliphatic carbocycles. The van der Waals surface area contributed by atoms with Gasteiger partial charge in [0.1, 0.15) is 0 Å². The third-order valence-electron chi connectivity index (χ3n) is 4.76. The Kier molecular flexibility index (Phi) is 6.64. The Hall–Kier alpha value is -1.93. The number of likely N-dealkylation sites (N-methyl/N-ethyl adjacent to an activating group) is 1. The molecule has 1 saturated heterocycles. The summed E-state index contributed by atoms with van der Waals surface area (Å²) in [6, 6.07) is 13.5. The number of nitrogens with zero attached hydrogens (tertiary/aromatic N) is 2. The minimum atomic E-state index is -3.81. The minimum Gasteiger partial charge on any atom is -0.478 e. The van der Waals surface area contributed by atoms with E-state index in [-0.39, 0.29) is 28.9 Å². The molecule has 0 saturated carbocycles. The number of sulfonamides is 1. The van der Waals surface area contributed by atoms with Gasteiger partial charge in [-0.1, -0.05) is 36.4 Å². The van der Waals surface area contributed by atoms with Crippen LogP contribution < -0.4 is 0 Å². The van der Waals surface area contributed by atoms with Gasteiger partial charge >= 0.3 is 5.97 Å². The Morgan fingerprint density at radius 2 is 1.78 bits per heavy atom. The van der Waals surface area contributed by atoms with Gasteiger partial charge < -0.3 is 10.0 Å². The molecule has 1 unspecified atom stereocenters. The summed E-state index contributed by atoms with van der Waals surface area (Å²) in [6.07, 6.45) is 0. The highest BCUT2D eigenvalue weighted by atomic mass is 35.5. The summed E-state index contributed by atoms with van der Waals surface area (Å²) in [5.74, 6) is -1.13. The Morgan fingerprint density at radius 3 is 2.41 bits per heavy atom. The zero-order valence-electron chi connectivity index (χ0n) is 15.2. The Morgan fingerprint density at radius 1 is 1.11 bits per heavy atom. The molecule has 2 aromatic rings. The van der Waals surface area contributed by atoms with Crippen LogP contribution in [-0.4, -0.2) is 55.4 Å². The zero-order valence-corrected chi connectivity index (χ0v) is 16.8. The largest absolute Gasteiger partial charge is 0.478 e. The fourth-order valence-corrected chi connectivity index (χ4v) is 4.89. The molecule has 0 spiro atoms. The smallest absolute Gasteiger partial charge is 0.335 e. The summed E-state index contributed by atoms with van der Waals surface area (Å²) < 4.78 is 28.0. The van der Waals surface area contributed by atoms with E-state index in [0.717, 1.165) is 5.56 Å². The van der Waals surface area contributed by atoms with Crippen molar-refractivity contribution in [2.24, 2.45) is 0 Å². The van der Waals surface area contributed by atoms with Gasteiger partial charge in [0.15, 0.2) is 0 Å². The number of aromatic carboxylic acids is 1. The number of halogens is 1. The second-order valence-electron chi connectivity index (χ2n) is 6.59. The molecule has 6 nitrogen and oxygen atoms in total. The zero-order chi connectivity index (χ0) is 18.9. The number of aryl methyl sites for hydroxylation is 1. The van der Waals surface area contributed by atoms with Crippen LogP contribution in [-0.2, 0) is 10.0 Å². The molecule has 146 valence electrons. The molecule has 3 rings (SSSR count). The van der Waals surface area contributed by atoms with E-state index in [9.17, 15) is 18.3 Å². The lowest BCUT2D eigenvalue weighted by atomic mass is 10.1. The normalized spacial score (nSPS) is 18.7. The third kappa shape index (κ3) is 4.32. The standard InChI is InChI=1S/C19H22N2O4S.ClH/c1-14-8-9-16(12-17(14)19(22)23)26(24,25)21-11-10-20(2)13-18(21)15-6-4-3-5-7-15;/h3-9,12,18H,10-11,13H2,1-2H3,(H,22,23);1H. The van der Waals surface area contributed by atoms with Crippen molar-refractivity contribution in [2.45, 2.75) is 17.9 Å². The molecule has 1 aliphatic rings. The molecule has 8 heteroatoms. The van der Waals surface area contributed by atoms with Gasteiger partial charge in [0, 0.05) is 19.6 Å². The van der Waals surface area contributed by atoms with Crippen LogP contribution in [0.2, 0.25) is 0 Å². The van der Waals surface area contributed by atoms with Crippen molar-refractivity contribution in [1.82, 2.24) is 9.21 Å². The van der Waals surface area contributed by atoms with Crippen molar-refractivity contribution >= 4 is 28.4 Å². The van der Waals surface area contributed by atoms with Crippen molar-refractivity contribution < 1.29 is 18.3 Å². The second-order valence-corrected chi connectivity index (χ2v) is 8.48. The SMILES string of the molecule is Cc1ccc(S(=O)(=O)N2CCN(C)CC2c2ccccc2)cc1C(=O)O.Cl. The number of benzene rings is 2. The predicted octanol–water partition coefficient (Wildman–Crippen LogP) is 2.79. The highest BCUT2D eigenvalue weighted by molar-refractivity contribution is 7.89. The maximum atomic E-state index is 13.3. The van der Waals surface area contributed by atoms with Crippen LogP contribution in [0, 0.1) is 6.92 Å². The summed E-state index contributed by atoms with van der Waals surface area (Å²) >= 11 is 0. The molecule has 1 fully saturated rings. The number of hydrogen-bond donors (Lipinski definition) is 1. The van der Waals surface area contributed by atoms with Gasteiger partial charge in [0.05, 0.1) is 16.5 Å². The molecule has 0 aromatic heterocycles. The predicted molar refractivity (Wildman–Crippen MR) is 106 cm³/mol. The van der Waals surface area contributed by atoms with Gasteiger partial charge in [-0.2, -0.15) is 4.31 Å². The molecule has 0 amide bonds. The number of hydrogen-bond acceptors (Lipinski definition) is 4. The van der Waals surface area contributed by atoms with Crippen LogP contribution in [0.25, 0.3) is 0 Å². The highest BCUT2D eigenvalue weighted by Crippen LogP contribution is 2.31. The van der Waals surface area contributed by atoms with Crippen molar-refractivity contribution in [3.63, 3.8) is 0 Å². The number of carboxylic acids is 1. The second kappa shape index (κ2) is 8.39.